The smallest absolute Gasteiger partial charge is 0.231 e. The van der Waals surface area contributed by atoms with Crippen LogP contribution >= 0.6 is 11.3 Å². The van der Waals surface area contributed by atoms with Gasteiger partial charge in [0.25, 0.3) is 0 Å². The molecule has 1 aromatic heterocycles. The number of carbonyl (C=O) groups excluding carboxylic acids is 1. The molecule has 4 fully saturated rings. The van der Waals surface area contributed by atoms with E-state index in [-0.39, 0.29) is 11.3 Å². The summed E-state index contributed by atoms with van der Waals surface area (Å²) in [6.45, 7) is 8.01. The lowest BCUT2D eigenvalue weighted by Gasteiger charge is -2.62. The Morgan fingerprint density at radius 2 is 1.69 bits per heavy atom. The number of hydrogen-bond donors (Lipinski definition) is 1. The highest BCUT2D eigenvalue weighted by Crippen LogP contribution is 2.66. The third kappa shape index (κ3) is 3.24. The Balaban J connectivity index is 1.47. The maximum Gasteiger partial charge on any atom is 0.231 e. The highest BCUT2D eigenvalue weighted by molar-refractivity contribution is 7.14. The molecule has 1 amide bonds. The van der Waals surface area contributed by atoms with Gasteiger partial charge in [-0.1, -0.05) is 50.6 Å². The number of rotatable bonds is 3. The molecule has 4 saturated carbocycles. The van der Waals surface area contributed by atoms with Crippen LogP contribution in [0.2, 0.25) is 0 Å². The van der Waals surface area contributed by atoms with E-state index in [0.717, 1.165) is 17.0 Å². The lowest BCUT2D eigenvalue weighted by Crippen LogP contribution is -2.56. The number of aromatic nitrogens is 1. The van der Waals surface area contributed by atoms with Crippen LogP contribution in [0.1, 0.15) is 76.1 Å². The number of carbonyl (C=O) groups is 1. The molecule has 0 radical (unpaired) electrons. The van der Waals surface area contributed by atoms with Crippen LogP contribution in [-0.4, -0.2) is 10.9 Å². The van der Waals surface area contributed by atoms with Gasteiger partial charge in [-0.3, -0.25) is 4.79 Å². The van der Waals surface area contributed by atoms with Crippen molar-refractivity contribution in [3.05, 3.63) is 46.5 Å². The molecule has 4 atom stereocenters. The summed E-state index contributed by atoms with van der Waals surface area (Å²) in [5, 5.41) is 6.04. The van der Waals surface area contributed by atoms with Crippen molar-refractivity contribution < 1.29 is 4.79 Å². The normalized spacial score (nSPS) is 33.1. The van der Waals surface area contributed by atoms with Crippen LogP contribution in [0.5, 0.6) is 0 Å². The first-order chi connectivity index (χ1) is 13.7. The molecule has 4 aliphatic carbocycles. The van der Waals surface area contributed by atoms with Crippen molar-refractivity contribution in [2.75, 3.05) is 5.32 Å². The molecule has 1 aromatic carbocycles. The molecule has 3 nitrogen and oxygen atoms in total. The van der Waals surface area contributed by atoms with E-state index >= 15 is 0 Å². The lowest BCUT2D eigenvalue weighted by molar-refractivity contribution is -0.123. The molecule has 2 aromatic rings. The Labute approximate surface area is 178 Å². The van der Waals surface area contributed by atoms with E-state index < -0.39 is 5.41 Å². The lowest BCUT2D eigenvalue weighted by atomic mass is 9.42. The van der Waals surface area contributed by atoms with Crippen LogP contribution < -0.4 is 5.32 Å². The van der Waals surface area contributed by atoms with Gasteiger partial charge in [-0.15, -0.1) is 11.3 Å². The number of anilines is 1. The molecular formula is C25H32N2OS. The van der Waals surface area contributed by atoms with Gasteiger partial charge in [-0.05, 0) is 68.3 Å². The Morgan fingerprint density at radius 1 is 1.07 bits per heavy atom. The quantitative estimate of drug-likeness (QED) is 0.654. The van der Waals surface area contributed by atoms with Gasteiger partial charge >= 0.3 is 0 Å². The molecule has 4 aliphatic rings. The summed E-state index contributed by atoms with van der Waals surface area (Å²) in [4.78, 5) is 17.4. The first-order valence-corrected chi connectivity index (χ1v) is 11.9. The van der Waals surface area contributed by atoms with Crippen molar-refractivity contribution in [2.45, 2.75) is 77.0 Å². The minimum Gasteiger partial charge on any atom is -0.302 e. The van der Waals surface area contributed by atoms with Crippen molar-refractivity contribution in [1.82, 2.24) is 4.98 Å². The summed E-state index contributed by atoms with van der Waals surface area (Å²) in [5.41, 5.74) is 4.22. The summed E-state index contributed by atoms with van der Waals surface area (Å²) < 4.78 is 0. The molecule has 1 heterocycles. The maximum atomic E-state index is 12.4. The van der Waals surface area contributed by atoms with Crippen LogP contribution in [0.3, 0.4) is 0 Å². The van der Waals surface area contributed by atoms with E-state index in [2.05, 4.69) is 41.9 Å². The van der Waals surface area contributed by atoms with Crippen molar-refractivity contribution in [1.29, 1.82) is 0 Å². The van der Waals surface area contributed by atoms with Gasteiger partial charge in [0.15, 0.2) is 5.13 Å². The van der Waals surface area contributed by atoms with Crippen molar-refractivity contribution in [3.63, 3.8) is 0 Å². The van der Waals surface area contributed by atoms with Crippen LogP contribution in [0, 0.1) is 24.2 Å². The molecule has 154 valence electrons. The summed E-state index contributed by atoms with van der Waals surface area (Å²) in [5.74, 6) is 1.67. The molecule has 29 heavy (non-hydrogen) atoms. The topological polar surface area (TPSA) is 42.0 Å². The van der Waals surface area contributed by atoms with Gasteiger partial charge in [0, 0.05) is 16.2 Å². The van der Waals surface area contributed by atoms with E-state index in [1.165, 1.54) is 55.3 Å². The third-order valence-corrected chi connectivity index (χ3v) is 8.43. The SMILES string of the molecule is Cc1ccc(C23C[C@H]4C[C@@H](C2)CC(c2csc(NC(=O)C(C)(C)C)n2)(C4)C3)cc1. The number of amides is 1. The predicted molar refractivity (Wildman–Crippen MR) is 119 cm³/mol. The second kappa shape index (κ2) is 6.41. The average Bonchev–Trinajstić information content (AvgIpc) is 3.10. The Hall–Kier alpha value is -1.68. The van der Waals surface area contributed by atoms with E-state index in [9.17, 15) is 4.79 Å². The van der Waals surface area contributed by atoms with Crippen molar-refractivity contribution >= 4 is 22.4 Å². The van der Waals surface area contributed by atoms with Crippen molar-refractivity contribution in [2.24, 2.45) is 17.3 Å². The van der Waals surface area contributed by atoms with E-state index in [4.69, 9.17) is 4.98 Å². The molecule has 0 saturated heterocycles. The summed E-state index contributed by atoms with van der Waals surface area (Å²) >= 11 is 1.60. The van der Waals surface area contributed by atoms with E-state index in [1.807, 2.05) is 20.8 Å². The zero-order valence-corrected chi connectivity index (χ0v) is 18.9. The summed E-state index contributed by atoms with van der Waals surface area (Å²) in [6.07, 6.45) is 7.83. The van der Waals surface area contributed by atoms with Crippen LogP contribution in [0.25, 0.3) is 0 Å². The first kappa shape index (κ1) is 19.3. The molecule has 0 spiro atoms. The number of hydrogen-bond acceptors (Lipinski definition) is 3. The molecule has 4 heteroatoms. The fraction of sp³-hybridized carbons (Fsp3) is 0.600. The molecule has 0 aliphatic heterocycles. The zero-order valence-electron chi connectivity index (χ0n) is 18.0. The molecule has 4 bridgehead atoms. The molecule has 1 N–H and O–H groups in total. The van der Waals surface area contributed by atoms with Gasteiger partial charge in [0.2, 0.25) is 5.91 Å². The maximum absolute atomic E-state index is 12.4. The van der Waals surface area contributed by atoms with Gasteiger partial charge in [-0.2, -0.15) is 0 Å². The number of thiazole rings is 1. The fourth-order valence-electron chi connectivity index (χ4n) is 6.67. The number of nitrogens with zero attached hydrogens (tertiary/aromatic N) is 1. The standard InChI is InChI=1S/C25H32N2OS/c1-16-5-7-19(8-6-16)24-10-17-9-18(11-24)13-25(12-17,15-24)20-14-29-22(26-20)27-21(28)23(2,3)4/h5-8,14,17-18H,9-13,15H2,1-4H3,(H,26,27,28)/t17-,18+,24?,25?. The molecule has 2 unspecified atom stereocenters. The van der Waals surface area contributed by atoms with Gasteiger partial charge < -0.3 is 5.32 Å². The van der Waals surface area contributed by atoms with Crippen LogP contribution in [0.4, 0.5) is 5.13 Å². The Kier molecular flexibility index (Phi) is 4.26. The second-order valence-electron chi connectivity index (χ2n) is 11.1. The number of benzene rings is 1. The summed E-state index contributed by atoms with van der Waals surface area (Å²) in [7, 11) is 0. The highest BCUT2D eigenvalue weighted by Gasteiger charge is 2.59. The Bertz CT molecular complexity index is 922. The van der Waals surface area contributed by atoms with Crippen molar-refractivity contribution in [3.8, 4) is 0 Å². The van der Waals surface area contributed by atoms with Gasteiger partial charge in [-0.25, -0.2) is 4.98 Å². The monoisotopic (exact) mass is 408 g/mol. The minimum atomic E-state index is -0.401. The average molecular weight is 409 g/mol. The van der Waals surface area contributed by atoms with Gasteiger partial charge in [0.1, 0.15) is 0 Å². The number of nitrogens with one attached hydrogen (secondary N) is 1. The molecule has 6 rings (SSSR count). The molecular weight excluding hydrogens is 376 g/mol. The second-order valence-corrected chi connectivity index (χ2v) is 12.0. The van der Waals surface area contributed by atoms with Gasteiger partial charge in [0.05, 0.1) is 5.69 Å². The number of aryl methyl sites for hydroxylation is 1. The third-order valence-electron chi connectivity index (χ3n) is 7.67. The van der Waals surface area contributed by atoms with E-state index in [1.54, 1.807) is 11.3 Å². The fourth-order valence-corrected chi connectivity index (χ4v) is 7.50. The highest BCUT2D eigenvalue weighted by atomic mass is 32.1. The Morgan fingerprint density at radius 3 is 2.31 bits per heavy atom. The van der Waals surface area contributed by atoms with Crippen LogP contribution in [-0.2, 0) is 15.6 Å². The summed E-state index contributed by atoms with van der Waals surface area (Å²) in [6, 6.07) is 9.32. The first-order valence-electron chi connectivity index (χ1n) is 11.0. The zero-order chi connectivity index (χ0) is 20.4. The minimum absolute atomic E-state index is 0.0417. The van der Waals surface area contributed by atoms with E-state index in [0.29, 0.717) is 5.41 Å². The predicted octanol–water partition coefficient (Wildman–Crippen LogP) is 6.23. The van der Waals surface area contributed by atoms with Crippen LogP contribution in [0.15, 0.2) is 29.6 Å². The largest absolute Gasteiger partial charge is 0.302 e.